The largest absolute Gasteiger partial charge is 0.495 e. The fraction of sp³-hybridized carbons (Fsp3) is 0.500. The Bertz CT molecular complexity index is 783. The van der Waals surface area contributed by atoms with Gasteiger partial charge in [-0.1, -0.05) is 12.8 Å². The average molecular weight is 387 g/mol. The van der Waals surface area contributed by atoms with Gasteiger partial charge in [0.2, 0.25) is 23.6 Å². The van der Waals surface area contributed by atoms with Gasteiger partial charge in [0.05, 0.1) is 24.6 Å². The highest BCUT2D eigenvalue weighted by atomic mass is 16.5. The molecule has 1 aromatic rings. The number of imide groups is 1. The lowest BCUT2D eigenvalue weighted by Crippen LogP contribution is -2.34. The molecule has 0 radical (unpaired) electrons. The maximum absolute atomic E-state index is 12.5. The van der Waals surface area contributed by atoms with Gasteiger partial charge >= 0.3 is 0 Å². The normalized spacial score (nSPS) is 21.3. The van der Waals surface area contributed by atoms with Crippen LogP contribution in [0.2, 0.25) is 0 Å². The molecule has 1 saturated carbocycles. The van der Waals surface area contributed by atoms with Crippen LogP contribution in [0.3, 0.4) is 0 Å². The van der Waals surface area contributed by atoms with Gasteiger partial charge in [-0.15, -0.1) is 0 Å². The number of amides is 4. The van der Waals surface area contributed by atoms with E-state index in [9.17, 15) is 19.2 Å². The Labute approximate surface area is 163 Å². The van der Waals surface area contributed by atoms with Gasteiger partial charge < -0.3 is 15.4 Å². The first kappa shape index (κ1) is 19.9. The van der Waals surface area contributed by atoms with Gasteiger partial charge in [-0.2, -0.15) is 0 Å². The third-order valence-electron chi connectivity index (χ3n) is 5.29. The maximum Gasteiger partial charge on any atom is 0.233 e. The quantitative estimate of drug-likeness (QED) is 0.728. The van der Waals surface area contributed by atoms with Crippen LogP contribution < -0.4 is 15.4 Å². The summed E-state index contributed by atoms with van der Waals surface area (Å²) in [6.07, 6.45) is 3.46. The lowest BCUT2D eigenvalue weighted by atomic mass is 9.81. The second-order valence-corrected chi connectivity index (χ2v) is 7.22. The molecule has 2 aliphatic rings. The topological polar surface area (TPSA) is 105 Å². The Balaban J connectivity index is 1.62. The number of likely N-dealkylation sites (tertiary alicyclic amines) is 1. The minimum atomic E-state index is -0.339. The molecule has 4 amide bonds. The molecule has 8 heteroatoms. The standard InChI is InChI=1S/C20H25N3O5/c1-12(24)21-13-7-8-17(28-2)16(11-13)22-18(25)9-10-23-19(26)14-5-3-4-6-15(14)20(23)27/h7-8,11,14-15H,3-6,9-10H2,1-2H3,(H,21,24)(H,22,25)/t14-,15-/m1/s1. The predicted octanol–water partition coefficient (Wildman–Crippen LogP) is 2.16. The first-order valence-electron chi connectivity index (χ1n) is 9.51. The third-order valence-corrected chi connectivity index (χ3v) is 5.29. The Morgan fingerprint density at radius 2 is 1.75 bits per heavy atom. The number of carbonyl (C=O) groups excluding carboxylic acids is 4. The summed E-state index contributed by atoms with van der Waals surface area (Å²) in [6.45, 7) is 1.47. The Morgan fingerprint density at radius 1 is 1.11 bits per heavy atom. The molecule has 1 aliphatic heterocycles. The molecule has 1 saturated heterocycles. The summed E-state index contributed by atoms with van der Waals surface area (Å²) in [5, 5.41) is 5.37. The van der Waals surface area contributed by atoms with Crippen molar-refractivity contribution in [2.24, 2.45) is 11.8 Å². The number of anilines is 2. The zero-order valence-corrected chi connectivity index (χ0v) is 16.1. The molecule has 0 bridgehead atoms. The number of hydrogen-bond donors (Lipinski definition) is 2. The number of methoxy groups -OCH3 is 1. The zero-order valence-electron chi connectivity index (χ0n) is 16.1. The predicted molar refractivity (Wildman–Crippen MR) is 103 cm³/mol. The fourth-order valence-electron chi connectivity index (χ4n) is 3.96. The fourth-order valence-corrected chi connectivity index (χ4v) is 3.96. The Hall–Kier alpha value is -2.90. The van der Waals surface area contributed by atoms with Crippen molar-refractivity contribution in [3.05, 3.63) is 18.2 Å². The van der Waals surface area contributed by atoms with Gasteiger partial charge in [-0.05, 0) is 31.0 Å². The molecule has 1 aromatic carbocycles. The van der Waals surface area contributed by atoms with Gasteiger partial charge in [0, 0.05) is 25.6 Å². The molecule has 2 N–H and O–H groups in total. The average Bonchev–Trinajstić information content (AvgIpc) is 2.91. The van der Waals surface area contributed by atoms with Crippen LogP contribution in [0.15, 0.2) is 18.2 Å². The molecule has 0 spiro atoms. The lowest BCUT2D eigenvalue weighted by Gasteiger charge is -2.19. The van der Waals surface area contributed by atoms with Crippen molar-refractivity contribution in [2.75, 3.05) is 24.3 Å². The van der Waals surface area contributed by atoms with Crippen LogP contribution in [0.5, 0.6) is 5.75 Å². The first-order chi connectivity index (χ1) is 13.4. The summed E-state index contributed by atoms with van der Waals surface area (Å²) in [4.78, 5) is 49.8. The van der Waals surface area contributed by atoms with Gasteiger partial charge in [0.1, 0.15) is 5.75 Å². The van der Waals surface area contributed by atoms with Crippen molar-refractivity contribution in [1.29, 1.82) is 0 Å². The van der Waals surface area contributed by atoms with E-state index < -0.39 is 0 Å². The van der Waals surface area contributed by atoms with Gasteiger partial charge in [-0.25, -0.2) is 0 Å². The van der Waals surface area contributed by atoms with E-state index in [2.05, 4.69) is 10.6 Å². The minimum Gasteiger partial charge on any atom is -0.495 e. The highest BCUT2D eigenvalue weighted by Crippen LogP contribution is 2.38. The van der Waals surface area contributed by atoms with E-state index in [0.29, 0.717) is 17.1 Å². The van der Waals surface area contributed by atoms with Crippen molar-refractivity contribution in [3.8, 4) is 5.75 Å². The first-order valence-corrected chi connectivity index (χ1v) is 9.51. The molecule has 2 fully saturated rings. The van der Waals surface area contributed by atoms with Crippen molar-refractivity contribution in [2.45, 2.75) is 39.0 Å². The monoisotopic (exact) mass is 387 g/mol. The zero-order chi connectivity index (χ0) is 20.3. The summed E-state index contributed by atoms with van der Waals surface area (Å²) in [7, 11) is 1.48. The van der Waals surface area contributed by atoms with E-state index in [4.69, 9.17) is 4.74 Å². The van der Waals surface area contributed by atoms with Crippen molar-refractivity contribution < 1.29 is 23.9 Å². The molecule has 2 atom stereocenters. The van der Waals surface area contributed by atoms with E-state index in [1.165, 1.54) is 18.9 Å². The van der Waals surface area contributed by atoms with Crippen molar-refractivity contribution >= 4 is 35.0 Å². The SMILES string of the molecule is COc1ccc(NC(C)=O)cc1NC(=O)CCN1C(=O)[C@@H]2CCCC[C@H]2C1=O. The Kier molecular flexibility index (Phi) is 5.96. The molecule has 28 heavy (non-hydrogen) atoms. The highest BCUT2D eigenvalue weighted by Gasteiger charge is 2.47. The van der Waals surface area contributed by atoms with Crippen LogP contribution in [0.1, 0.15) is 39.0 Å². The van der Waals surface area contributed by atoms with Crippen LogP contribution >= 0.6 is 0 Å². The summed E-state index contributed by atoms with van der Waals surface area (Å²) < 4.78 is 5.24. The summed E-state index contributed by atoms with van der Waals surface area (Å²) in [5.41, 5.74) is 0.934. The minimum absolute atomic E-state index is 0.00440. The van der Waals surface area contributed by atoms with E-state index in [1.54, 1.807) is 18.2 Å². The van der Waals surface area contributed by atoms with E-state index in [-0.39, 0.29) is 48.4 Å². The van der Waals surface area contributed by atoms with Crippen LogP contribution in [0, 0.1) is 11.8 Å². The number of rotatable bonds is 6. The number of fused-ring (bicyclic) bond motifs is 1. The third kappa shape index (κ3) is 4.16. The number of nitrogens with one attached hydrogen (secondary N) is 2. The second kappa shape index (κ2) is 8.41. The number of nitrogens with zero attached hydrogens (tertiary/aromatic N) is 1. The molecule has 0 unspecified atom stereocenters. The number of benzene rings is 1. The van der Waals surface area contributed by atoms with Crippen LogP contribution in [0.4, 0.5) is 11.4 Å². The molecule has 1 heterocycles. The molecular weight excluding hydrogens is 362 g/mol. The van der Waals surface area contributed by atoms with Crippen LogP contribution in [0.25, 0.3) is 0 Å². The summed E-state index contributed by atoms with van der Waals surface area (Å²) in [5.74, 6) is -0.830. The van der Waals surface area contributed by atoms with Gasteiger partial charge in [0.25, 0.3) is 0 Å². The van der Waals surface area contributed by atoms with Crippen molar-refractivity contribution in [1.82, 2.24) is 4.90 Å². The van der Waals surface area contributed by atoms with Gasteiger partial charge in [-0.3, -0.25) is 24.1 Å². The molecular formula is C20H25N3O5. The van der Waals surface area contributed by atoms with Gasteiger partial charge in [0.15, 0.2) is 0 Å². The van der Waals surface area contributed by atoms with Crippen molar-refractivity contribution in [3.63, 3.8) is 0 Å². The Morgan fingerprint density at radius 3 is 2.32 bits per heavy atom. The number of hydrogen-bond acceptors (Lipinski definition) is 5. The van der Waals surface area contributed by atoms with Crippen LogP contribution in [-0.4, -0.2) is 42.2 Å². The molecule has 0 aromatic heterocycles. The summed E-state index contributed by atoms with van der Waals surface area (Å²) in [6, 6.07) is 4.90. The number of ether oxygens (including phenoxy) is 1. The molecule has 8 nitrogen and oxygen atoms in total. The molecule has 150 valence electrons. The van der Waals surface area contributed by atoms with E-state index in [0.717, 1.165) is 25.7 Å². The van der Waals surface area contributed by atoms with E-state index >= 15 is 0 Å². The lowest BCUT2D eigenvalue weighted by molar-refractivity contribution is -0.140. The molecule has 1 aliphatic carbocycles. The maximum atomic E-state index is 12.5. The highest BCUT2D eigenvalue weighted by molar-refractivity contribution is 6.05. The molecule has 3 rings (SSSR count). The van der Waals surface area contributed by atoms with Crippen LogP contribution in [-0.2, 0) is 19.2 Å². The summed E-state index contributed by atoms with van der Waals surface area (Å²) >= 11 is 0. The second-order valence-electron chi connectivity index (χ2n) is 7.22. The van der Waals surface area contributed by atoms with E-state index in [1.807, 2.05) is 0 Å². The smallest absolute Gasteiger partial charge is 0.233 e. The number of carbonyl (C=O) groups is 4.